The number of nitrogen functional groups attached to an aromatic ring is 1. The van der Waals surface area contributed by atoms with E-state index in [0.717, 1.165) is 0 Å². The number of halogens is 4. The molecular formula is C7H3F4N3O. The Hall–Kier alpha value is -2.04. The molecule has 0 aliphatic carbocycles. The van der Waals surface area contributed by atoms with Gasteiger partial charge in [0.05, 0.1) is 6.20 Å². The van der Waals surface area contributed by atoms with Crippen molar-refractivity contribution in [2.24, 2.45) is 0 Å². The van der Waals surface area contributed by atoms with Crippen LogP contribution in [0.1, 0.15) is 5.56 Å². The van der Waals surface area contributed by atoms with Crippen molar-refractivity contribution < 1.29 is 22.3 Å². The van der Waals surface area contributed by atoms with E-state index < -0.39 is 29.3 Å². The smallest absolute Gasteiger partial charge is 0.401 e. The maximum absolute atomic E-state index is 13.1. The topological polar surface area (TPSA) is 71.9 Å². The number of nitrogens with two attached hydrogens (primary N) is 1. The quantitative estimate of drug-likeness (QED) is 0.730. The highest BCUT2D eigenvalue weighted by Gasteiger charge is 2.33. The van der Waals surface area contributed by atoms with E-state index in [4.69, 9.17) is 11.0 Å². The van der Waals surface area contributed by atoms with E-state index in [1.807, 2.05) is 0 Å². The average molecular weight is 221 g/mol. The van der Waals surface area contributed by atoms with E-state index in [2.05, 4.69) is 9.72 Å². The monoisotopic (exact) mass is 221 g/mol. The summed E-state index contributed by atoms with van der Waals surface area (Å²) >= 11 is 0. The van der Waals surface area contributed by atoms with Gasteiger partial charge < -0.3 is 10.5 Å². The Morgan fingerprint density at radius 2 is 2.07 bits per heavy atom. The largest absolute Gasteiger partial charge is 0.573 e. The Morgan fingerprint density at radius 1 is 1.47 bits per heavy atom. The highest BCUT2D eigenvalue weighted by atomic mass is 19.4. The van der Waals surface area contributed by atoms with Crippen LogP contribution in [0.5, 0.6) is 5.75 Å². The molecule has 0 amide bonds. The van der Waals surface area contributed by atoms with Crippen LogP contribution in [0.2, 0.25) is 0 Å². The Morgan fingerprint density at radius 3 is 2.53 bits per heavy atom. The van der Waals surface area contributed by atoms with Gasteiger partial charge >= 0.3 is 6.36 Å². The van der Waals surface area contributed by atoms with Crippen LogP contribution in [0.15, 0.2) is 6.20 Å². The summed E-state index contributed by atoms with van der Waals surface area (Å²) in [7, 11) is 0. The van der Waals surface area contributed by atoms with Crippen LogP contribution in [-0.4, -0.2) is 11.3 Å². The summed E-state index contributed by atoms with van der Waals surface area (Å²) in [6.45, 7) is 0. The van der Waals surface area contributed by atoms with Crippen LogP contribution in [0.4, 0.5) is 23.4 Å². The van der Waals surface area contributed by atoms with Crippen LogP contribution in [0, 0.1) is 17.1 Å². The lowest BCUT2D eigenvalue weighted by Gasteiger charge is -2.09. The van der Waals surface area contributed by atoms with Gasteiger partial charge in [0.15, 0.2) is 11.6 Å². The van der Waals surface area contributed by atoms with Crippen molar-refractivity contribution >= 4 is 5.82 Å². The molecule has 0 aliphatic heterocycles. The molecular weight excluding hydrogens is 218 g/mol. The van der Waals surface area contributed by atoms with Gasteiger partial charge in [0.25, 0.3) is 0 Å². The second-order valence-electron chi connectivity index (χ2n) is 2.36. The van der Waals surface area contributed by atoms with Crippen molar-refractivity contribution in [2.45, 2.75) is 6.36 Å². The highest BCUT2D eigenvalue weighted by molar-refractivity contribution is 5.51. The molecule has 0 aliphatic rings. The van der Waals surface area contributed by atoms with Crippen LogP contribution in [0.3, 0.4) is 0 Å². The number of alkyl halides is 3. The fourth-order valence-corrected chi connectivity index (χ4v) is 0.787. The highest BCUT2D eigenvalue weighted by Crippen LogP contribution is 2.27. The molecule has 2 N–H and O–H groups in total. The second kappa shape index (κ2) is 3.61. The minimum Gasteiger partial charge on any atom is -0.401 e. The zero-order valence-electron chi connectivity index (χ0n) is 6.97. The van der Waals surface area contributed by atoms with Crippen LogP contribution < -0.4 is 10.5 Å². The van der Waals surface area contributed by atoms with Gasteiger partial charge in [-0.1, -0.05) is 0 Å². The molecule has 80 valence electrons. The van der Waals surface area contributed by atoms with Crippen molar-refractivity contribution in [1.29, 1.82) is 5.26 Å². The standard InChI is InChI=1S/C7H3F4N3O/c8-5-3(1-12)6(13)14-2-4(5)15-7(9,10)11/h2H,(H2,13,14). The molecule has 8 heteroatoms. The third kappa shape index (κ3) is 2.46. The molecule has 0 bridgehead atoms. The molecule has 0 saturated carbocycles. The molecule has 0 aromatic carbocycles. The van der Waals surface area contributed by atoms with Gasteiger partial charge in [-0.2, -0.15) is 5.26 Å². The lowest BCUT2D eigenvalue weighted by Crippen LogP contribution is -2.18. The molecule has 15 heavy (non-hydrogen) atoms. The number of ether oxygens (including phenoxy) is 1. The third-order valence-electron chi connectivity index (χ3n) is 1.35. The first-order valence-electron chi connectivity index (χ1n) is 3.45. The van der Waals surface area contributed by atoms with Crippen molar-refractivity contribution in [3.05, 3.63) is 17.6 Å². The zero-order valence-corrected chi connectivity index (χ0v) is 6.97. The molecule has 0 radical (unpaired) electrons. The number of anilines is 1. The lowest BCUT2D eigenvalue weighted by molar-refractivity contribution is -0.275. The maximum Gasteiger partial charge on any atom is 0.573 e. The normalized spacial score (nSPS) is 10.9. The maximum atomic E-state index is 13.1. The summed E-state index contributed by atoms with van der Waals surface area (Å²) in [5.41, 5.74) is 4.27. The summed E-state index contributed by atoms with van der Waals surface area (Å²) in [4.78, 5) is 3.19. The van der Waals surface area contributed by atoms with E-state index >= 15 is 0 Å². The van der Waals surface area contributed by atoms with Crippen LogP contribution in [0.25, 0.3) is 0 Å². The molecule has 0 saturated heterocycles. The Balaban J connectivity index is 3.18. The van der Waals surface area contributed by atoms with E-state index in [1.165, 1.54) is 6.07 Å². The lowest BCUT2D eigenvalue weighted by atomic mass is 10.2. The average Bonchev–Trinajstić information content (AvgIpc) is 2.09. The molecule has 0 unspecified atom stereocenters. The van der Waals surface area contributed by atoms with Crippen molar-refractivity contribution in [3.63, 3.8) is 0 Å². The molecule has 1 rings (SSSR count). The molecule has 1 heterocycles. The van der Waals surface area contributed by atoms with Gasteiger partial charge in [-0.3, -0.25) is 0 Å². The third-order valence-corrected chi connectivity index (χ3v) is 1.35. The Bertz CT molecular complexity index is 423. The molecule has 0 atom stereocenters. The Labute approximate surface area is 80.9 Å². The SMILES string of the molecule is N#Cc1c(N)ncc(OC(F)(F)F)c1F. The van der Waals surface area contributed by atoms with Gasteiger partial charge in [-0.05, 0) is 0 Å². The first-order chi connectivity index (χ1) is 6.85. The molecule has 4 nitrogen and oxygen atoms in total. The van der Waals surface area contributed by atoms with E-state index in [-0.39, 0.29) is 0 Å². The number of nitrogens with zero attached hydrogens (tertiary/aromatic N) is 2. The minimum absolute atomic E-state index is 0.457. The predicted octanol–water partition coefficient (Wildman–Crippen LogP) is 1.57. The molecule has 0 spiro atoms. The number of rotatable bonds is 1. The fraction of sp³-hybridized carbons (Fsp3) is 0.143. The van der Waals surface area contributed by atoms with Gasteiger partial charge in [0.1, 0.15) is 17.5 Å². The van der Waals surface area contributed by atoms with Crippen LogP contribution in [-0.2, 0) is 0 Å². The zero-order chi connectivity index (χ0) is 11.6. The van der Waals surface area contributed by atoms with Crippen LogP contribution >= 0.6 is 0 Å². The fourth-order valence-electron chi connectivity index (χ4n) is 0.787. The molecule has 1 aromatic heterocycles. The number of hydrogen-bond donors (Lipinski definition) is 1. The number of aromatic nitrogens is 1. The van der Waals surface area contributed by atoms with E-state index in [0.29, 0.717) is 6.20 Å². The predicted molar refractivity (Wildman–Crippen MR) is 40.0 cm³/mol. The van der Waals surface area contributed by atoms with Gasteiger partial charge in [-0.15, -0.1) is 13.2 Å². The number of pyridine rings is 1. The van der Waals surface area contributed by atoms with Crippen molar-refractivity contribution in [3.8, 4) is 11.8 Å². The minimum atomic E-state index is -5.05. The summed E-state index contributed by atoms with van der Waals surface area (Å²) < 4.78 is 51.6. The number of nitriles is 1. The molecule has 1 aromatic rings. The van der Waals surface area contributed by atoms with Gasteiger partial charge in [0, 0.05) is 0 Å². The Kier molecular flexibility index (Phi) is 2.65. The first-order valence-corrected chi connectivity index (χ1v) is 3.45. The van der Waals surface area contributed by atoms with Gasteiger partial charge in [0.2, 0.25) is 0 Å². The summed E-state index contributed by atoms with van der Waals surface area (Å²) in [5.74, 6) is -3.17. The van der Waals surface area contributed by atoms with E-state index in [9.17, 15) is 17.6 Å². The van der Waals surface area contributed by atoms with E-state index in [1.54, 1.807) is 0 Å². The van der Waals surface area contributed by atoms with Crippen molar-refractivity contribution in [1.82, 2.24) is 4.98 Å². The van der Waals surface area contributed by atoms with Crippen molar-refractivity contribution in [2.75, 3.05) is 5.73 Å². The summed E-state index contributed by atoms with van der Waals surface area (Å²) in [6, 6.07) is 1.28. The molecule has 0 fully saturated rings. The summed E-state index contributed by atoms with van der Waals surface area (Å²) in [6.07, 6.45) is -4.59. The second-order valence-corrected chi connectivity index (χ2v) is 2.36. The number of hydrogen-bond acceptors (Lipinski definition) is 4. The first kappa shape index (κ1) is 11.0. The summed E-state index contributed by atoms with van der Waals surface area (Å²) in [5, 5.41) is 8.38. The van der Waals surface area contributed by atoms with Gasteiger partial charge in [-0.25, -0.2) is 9.37 Å².